The fraction of sp³-hybridized carbons (Fsp3) is 0.257. The molecule has 0 N–H and O–H groups in total. The molecule has 4 aromatic carbocycles. The Morgan fingerprint density at radius 3 is 2.19 bits per heavy atom. The van der Waals surface area contributed by atoms with Gasteiger partial charge in [-0.25, -0.2) is 8.42 Å². The first-order chi connectivity index (χ1) is 20.9. The highest BCUT2D eigenvalue weighted by molar-refractivity contribution is 7.90. The van der Waals surface area contributed by atoms with Gasteiger partial charge in [0.05, 0.1) is 9.77 Å². The van der Waals surface area contributed by atoms with E-state index in [0.717, 1.165) is 63.0 Å². The third-order valence-electron chi connectivity index (χ3n) is 7.58. The molecule has 0 unspecified atom stereocenters. The summed E-state index contributed by atoms with van der Waals surface area (Å²) in [5, 5.41) is 0.959. The second-order valence-electron chi connectivity index (χ2n) is 10.8. The Morgan fingerprint density at radius 2 is 1.47 bits per heavy atom. The van der Waals surface area contributed by atoms with Gasteiger partial charge in [-0.15, -0.1) is 11.3 Å². The number of benzene rings is 4. The number of piperidine rings is 1. The van der Waals surface area contributed by atoms with Crippen molar-refractivity contribution >= 4 is 31.3 Å². The first kappa shape index (κ1) is 29.2. The van der Waals surface area contributed by atoms with Crippen molar-refractivity contribution in [1.29, 1.82) is 0 Å². The standard InChI is InChI=1S/C35H35NO5S2/c1-43(37,38)31-17-10-27(11-18-31)35-34(32-19-16-30(24-33(32)42-35)40-25-26-8-4-2-5-9-26)41-29-14-12-28(13-15-29)39-23-22-36-20-6-3-7-21-36/h2,4-5,8-19,24H,3,6-7,20-23,25H2,1H3. The molecule has 0 spiro atoms. The Balaban J connectivity index is 1.24. The van der Waals surface area contributed by atoms with Gasteiger partial charge in [-0.1, -0.05) is 48.9 Å². The van der Waals surface area contributed by atoms with Crippen LogP contribution in [0.5, 0.6) is 23.0 Å². The van der Waals surface area contributed by atoms with Crippen LogP contribution in [0.25, 0.3) is 20.5 Å². The van der Waals surface area contributed by atoms with Gasteiger partial charge in [0, 0.05) is 22.9 Å². The Hall–Kier alpha value is -3.85. The molecule has 0 aliphatic carbocycles. The molecule has 5 aromatic rings. The van der Waals surface area contributed by atoms with E-state index in [9.17, 15) is 8.42 Å². The molecule has 8 heteroatoms. The molecular weight excluding hydrogens is 579 g/mol. The molecule has 6 nitrogen and oxygen atoms in total. The van der Waals surface area contributed by atoms with E-state index in [-0.39, 0.29) is 4.90 Å². The monoisotopic (exact) mass is 613 g/mol. The second kappa shape index (κ2) is 13.2. The van der Waals surface area contributed by atoms with E-state index < -0.39 is 9.84 Å². The van der Waals surface area contributed by atoms with Crippen molar-refractivity contribution in [3.63, 3.8) is 0 Å². The van der Waals surface area contributed by atoms with Gasteiger partial charge in [0.1, 0.15) is 30.5 Å². The highest BCUT2D eigenvalue weighted by atomic mass is 32.2. The molecule has 6 rings (SSSR count). The van der Waals surface area contributed by atoms with Crippen molar-refractivity contribution in [1.82, 2.24) is 4.90 Å². The van der Waals surface area contributed by atoms with Crippen LogP contribution in [0.3, 0.4) is 0 Å². The predicted octanol–water partition coefficient (Wildman–Crippen LogP) is 8.21. The van der Waals surface area contributed by atoms with Crippen LogP contribution in [0.2, 0.25) is 0 Å². The summed E-state index contributed by atoms with van der Waals surface area (Å²) in [7, 11) is -3.30. The zero-order valence-electron chi connectivity index (χ0n) is 24.2. The molecule has 222 valence electrons. The van der Waals surface area contributed by atoms with Crippen LogP contribution in [0.4, 0.5) is 0 Å². The number of rotatable bonds is 11. The van der Waals surface area contributed by atoms with E-state index in [1.54, 1.807) is 23.5 Å². The summed E-state index contributed by atoms with van der Waals surface area (Å²) in [5.41, 5.74) is 1.98. The van der Waals surface area contributed by atoms with Gasteiger partial charge in [-0.3, -0.25) is 4.90 Å². The largest absolute Gasteiger partial charge is 0.492 e. The zero-order chi connectivity index (χ0) is 29.6. The van der Waals surface area contributed by atoms with Crippen LogP contribution < -0.4 is 14.2 Å². The zero-order valence-corrected chi connectivity index (χ0v) is 25.8. The number of fused-ring (bicyclic) bond motifs is 1. The lowest BCUT2D eigenvalue weighted by molar-refractivity contribution is 0.183. The van der Waals surface area contributed by atoms with Crippen LogP contribution in [0.15, 0.2) is 102 Å². The van der Waals surface area contributed by atoms with Crippen LogP contribution in [-0.4, -0.2) is 45.8 Å². The third-order valence-corrected chi connectivity index (χ3v) is 9.89. The summed E-state index contributed by atoms with van der Waals surface area (Å²) >= 11 is 1.59. The Bertz CT molecular complexity index is 1760. The smallest absolute Gasteiger partial charge is 0.175 e. The van der Waals surface area contributed by atoms with Gasteiger partial charge in [-0.05, 0) is 91.7 Å². The average molecular weight is 614 g/mol. The second-order valence-corrected chi connectivity index (χ2v) is 13.9. The Labute approximate surface area is 257 Å². The van der Waals surface area contributed by atoms with Crippen LogP contribution in [-0.2, 0) is 16.4 Å². The molecular formula is C35H35NO5S2. The number of likely N-dealkylation sites (tertiary alicyclic amines) is 1. The third kappa shape index (κ3) is 7.39. The molecule has 0 radical (unpaired) electrons. The van der Waals surface area contributed by atoms with E-state index >= 15 is 0 Å². The summed E-state index contributed by atoms with van der Waals surface area (Å²) in [6.45, 7) is 4.40. The van der Waals surface area contributed by atoms with Crippen LogP contribution in [0, 0.1) is 0 Å². The highest BCUT2D eigenvalue weighted by Crippen LogP contribution is 2.47. The summed E-state index contributed by atoms with van der Waals surface area (Å²) in [4.78, 5) is 3.66. The summed E-state index contributed by atoms with van der Waals surface area (Å²) in [6.07, 6.45) is 5.09. The first-order valence-electron chi connectivity index (χ1n) is 14.6. The van der Waals surface area contributed by atoms with E-state index in [1.165, 1.54) is 25.5 Å². The number of sulfone groups is 1. The molecule has 43 heavy (non-hydrogen) atoms. The SMILES string of the molecule is CS(=O)(=O)c1ccc(-c2sc3cc(OCc4ccccc4)ccc3c2Oc2ccc(OCCN3CCCCC3)cc2)cc1. The molecule has 0 saturated carbocycles. The van der Waals surface area contributed by atoms with Gasteiger partial charge in [-0.2, -0.15) is 0 Å². The van der Waals surface area contributed by atoms with E-state index in [2.05, 4.69) is 4.90 Å². The van der Waals surface area contributed by atoms with Crippen molar-refractivity contribution in [2.75, 3.05) is 32.5 Å². The van der Waals surface area contributed by atoms with Gasteiger partial charge in [0.2, 0.25) is 0 Å². The molecule has 1 aliphatic heterocycles. The molecule has 1 fully saturated rings. The van der Waals surface area contributed by atoms with Gasteiger partial charge < -0.3 is 14.2 Å². The molecule has 1 saturated heterocycles. The van der Waals surface area contributed by atoms with E-state index in [0.29, 0.717) is 19.0 Å². The van der Waals surface area contributed by atoms with Gasteiger partial charge >= 0.3 is 0 Å². The molecule has 1 aromatic heterocycles. The molecule has 0 atom stereocenters. The summed E-state index contributed by atoms with van der Waals surface area (Å²) in [6, 6.07) is 30.8. The first-order valence-corrected chi connectivity index (χ1v) is 17.3. The lowest BCUT2D eigenvalue weighted by Crippen LogP contribution is -2.33. The maximum atomic E-state index is 12.1. The minimum Gasteiger partial charge on any atom is -0.492 e. The quantitative estimate of drug-likeness (QED) is 0.150. The number of nitrogens with zero attached hydrogens (tertiary/aromatic N) is 1. The van der Waals surface area contributed by atoms with Crippen LogP contribution >= 0.6 is 11.3 Å². The predicted molar refractivity (Wildman–Crippen MR) is 173 cm³/mol. The number of hydrogen-bond donors (Lipinski definition) is 0. The summed E-state index contributed by atoms with van der Waals surface area (Å²) in [5.74, 6) is 3.01. The van der Waals surface area contributed by atoms with Crippen LogP contribution in [0.1, 0.15) is 24.8 Å². The maximum Gasteiger partial charge on any atom is 0.175 e. The van der Waals surface area contributed by atoms with E-state index in [1.807, 2.05) is 84.9 Å². The minimum absolute atomic E-state index is 0.285. The van der Waals surface area contributed by atoms with Crippen molar-refractivity contribution in [3.05, 3.63) is 103 Å². The number of hydrogen-bond acceptors (Lipinski definition) is 7. The molecule has 1 aliphatic rings. The number of thiophene rings is 1. The highest BCUT2D eigenvalue weighted by Gasteiger charge is 2.18. The van der Waals surface area contributed by atoms with E-state index in [4.69, 9.17) is 14.2 Å². The summed E-state index contributed by atoms with van der Waals surface area (Å²) < 4.78 is 43.8. The fourth-order valence-corrected chi connectivity index (χ4v) is 7.02. The fourth-order valence-electron chi connectivity index (χ4n) is 5.23. The molecule has 0 amide bonds. The van der Waals surface area contributed by atoms with Crippen molar-refractivity contribution in [2.24, 2.45) is 0 Å². The minimum atomic E-state index is -3.30. The van der Waals surface area contributed by atoms with Crippen molar-refractivity contribution in [2.45, 2.75) is 30.8 Å². The lowest BCUT2D eigenvalue weighted by atomic mass is 10.1. The Morgan fingerprint density at radius 1 is 0.767 bits per heavy atom. The topological polar surface area (TPSA) is 65.1 Å². The number of ether oxygens (including phenoxy) is 3. The van der Waals surface area contributed by atoms with Gasteiger partial charge in [0.25, 0.3) is 0 Å². The Kier molecular flexibility index (Phi) is 8.98. The average Bonchev–Trinajstić information content (AvgIpc) is 3.39. The normalized spacial score (nSPS) is 14.1. The lowest BCUT2D eigenvalue weighted by Gasteiger charge is -2.26. The molecule has 0 bridgehead atoms. The van der Waals surface area contributed by atoms with Crippen molar-refractivity contribution in [3.8, 4) is 33.4 Å². The maximum absolute atomic E-state index is 12.1. The molecule has 2 heterocycles. The van der Waals surface area contributed by atoms with Gasteiger partial charge in [0.15, 0.2) is 15.6 Å². The van der Waals surface area contributed by atoms with Crippen molar-refractivity contribution < 1.29 is 22.6 Å².